The number of thiophene rings is 1. The number of rotatable bonds is 9. The van der Waals surface area contributed by atoms with E-state index in [1.165, 1.54) is 11.3 Å². The number of aliphatic imine (C=N–C) groups is 1. The molecule has 0 aliphatic carbocycles. The number of hydrogen-bond acceptors (Lipinski definition) is 5. The molecule has 0 fully saturated rings. The molecular weight excluding hydrogens is 541 g/mol. The van der Waals surface area contributed by atoms with Crippen LogP contribution in [-0.2, 0) is 11.3 Å². The lowest BCUT2D eigenvalue weighted by Crippen LogP contribution is -2.39. The van der Waals surface area contributed by atoms with Crippen molar-refractivity contribution in [3.8, 4) is 0 Å². The van der Waals surface area contributed by atoms with Crippen molar-refractivity contribution in [2.24, 2.45) is 10.7 Å². The standard InChI is InChI=1S/C19H24ClN5O3S.HI/c1-2-22-19(25-10-14(26)15-7-8-16(20)29-15)24-9-12-3-5-13(6-4-12)18(28)23-11-17(21)27;/h3-8,14,26H,2,9-11H2,1H3,(H2,21,27)(H,23,28)(H2,22,24,25);1H. The van der Waals surface area contributed by atoms with Crippen LogP contribution in [0, 0.1) is 0 Å². The highest BCUT2D eigenvalue weighted by molar-refractivity contribution is 14.0. The zero-order valence-electron chi connectivity index (χ0n) is 16.4. The Hall–Kier alpha value is -1.89. The molecule has 0 saturated carbocycles. The highest BCUT2D eigenvalue weighted by atomic mass is 127. The highest BCUT2D eigenvalue weighted by Gasteiger charge is 2.11. The van der Waals surface area contributed by atoms with Crippen molar-refractivity contribution in [2.75, 3.05) is 19.6 Å². The van der Waals surface area contributed by atoms with E-state index in [0.717, 1.165) is 10.4 Å². The van der Waals surface area contributed by atoms with Gasteiger partial charge in [0.2, 0.25) is 5.91 Å². The molecule has 0 aliphatic rings. The van der Waals surface area contributed by atoms with Gasteiger partial charge in [0.1, 0.15) is 6.10 Å². The Bertz CT molecular complexity index is 860. The van der Waals surface area contributed by atoms with Crippen molar-refractivity contribution in [1.82, 2.24) is 16.0 Å². The molecule has 1 unspecified atom stereocenters. The Kier molecular flexibility index (Phi) is 11.7. The average molecular weight is 566 g/mol. The molecule has 2 rings (SSSR count). The fraction of sp³-hybridized carbons (Fsp3) is 0.316. The first-order valence-electron chi connectivity index (χ1n) is 9.00. The van der Waals surface area contributed by atoms with Gasteiger partial charge in [0.05, 0.1) is 17.4 Å². The number of nitrogens with two attached hydrogens (primary N) is 1. The first kappa shape index (κ1) is 26.1. The third-order valence-corrected chi connectivity index (χ3v) is 5.12. The summed E-state index contributed by atoms with van der Waals surface area (Å²) in [6, 6.07) is 10.4. The second-order valence-corrected chi connectivity index (χ2v) is 7.83. The van der Waals surface area contributed by atoms with Gasteiger partial charge in [-0.2, -0.15) is 0 Å². The molecule has 1 aromatic carbocycles. The van der Waals surface area contributed by atoms with Crippen LogP contribution in [0.4, 0.5) is 0 Å². The molecular formula is C19H25ClIN5O3S. The van der Waals surface area contributed by atoms with E-state index < -0.39 is 12.0 Å². The molecule has 30 heavy (non-hydrogen) atoms. The van der Waals surface area contributed by atoms with E-state index in [-0.39, 0.29) is 36.4 Å². The maximum atomic E-state index is 11.9. The summed E-state index contributed by atoms with van der Waals surface area (Å²) in [4.78, 5) is 27.9. The lowest BCUT2D eigenvalue weighted by Gasteiger charge is -2.14. The number of primary amides is 1. The molecule has 0 radical (unpaired) electrons. The van der Waals surface area contributed by atoms with Crippen LogP contribution in [0.3, 0.4) is 0 Å². The highest BCUT2D eigenvalue weighted by Crippen LogP contribution is 2.26. The van der Waals surface area contributed by atoms with Gasteiger partial charge in [0.15, 0.2) is 5.96 Å². The Morgan fingerprint density at radius 2 is 1.87 bits per heavy atom. The molecule has 1 heterocycles. The zero-order chi connectivity index (χ0) is 21.2. The number of carbonyl (C=O) groups is 2. The van der Waals surface area contributed by atoms with Crippen LogP contribution in [0.2, 0.25) is 4.34 Å². The average Bonchev–Trinajstić information content (AvgIpc) is 3.14. The minimum absolute atomic E-state index is 0. The number of carbonyl (C=O) groups excluding carboxylic acids is 2. The van der Waals surface area contributed by atoms with Crippen molar-refractivity contribution in [1.29, 1.82) is 0 Å². The molecule has 2 aromatic rings. The molecule has 164 valence electrons. The fourth-order valence-electron chi connectivity index (χ4n) is 2.34. The summed E-state index contributed by atoms with van der Waals surface area (Å²) in [5.74, 6) is -0.394. The molecule has 11 heteroatoms. The van der Waals surface area contributed by atoms with Gasteiger partial charge < -0.3 is 26.8 Å². The van der Waals surface area contributed by atoms with Crippen molar-refractivity contribution < 1.29 is 14.7 Å². The number of nitrogens with zero attached hydrogens (tertiary/aromatic N) is 1. The molecule has 0 spiro atoms. The van der Waals surface area contributed by atoms with Crippen molar-refractivity contribution in [3.05, 3.63) is 56.7 Å². The summed E-state index contributed by atoms with van der Waals surface area (Å²) in [7, 11) is 0. The van der Waals surface area contributed by atoms with Crippen LogP contribution in [0.5, 0.6) is 0 Å². The van der Waals surface area contributed by atoms with Gasteiger partial charge >= 0.3 is 0 Å². The van der Waals surface area contributed by atoms with Crippen LogP contribution < -0.4 is 21.7 Å². The summed E-state index contributed by atoms with van der Waals surface area (Å²) >= 11 is 7.24. The first-order valence-corrected chi connectivity index (χ1v) is 10.2. The summed E-state index contributed by atoms with van der Waals surface area (Å²) < 4.78 is 0.631. The van der Waals surface area contributed by atoms with Gasteiger partial charge in [-0.15, -0.1) is 35.3 Å². The SMILES string of the molecule is CCNC(=NCc1ccc(C(=O)NCC(N)=O)cc1)NCC(O)c1ccc(Cl)s1.I. The molecule has 6 N–H and O–H groups in total. The van der Waals surface area contributed by atoms with Gasteiger partial charge in [-0.25, -0.2) is 4.99 Å². The lowest BCUT2D eigenvalue weighted by atomic mass is 10.1. The Morgan fingerprint density at radius 1 is 1.17 bits per heavy atom. The van der Waals surface area contributed by atoms with Crippen molar-refractivity contribution in [2.45, 2.75) is 19.6 Å². The van der Waals surface area contributed by atoms with E-state index in [4.69, 9.17) is 17.3 Å². The maximum Gasteiger partial charge on any atom is 0.251 e. The van der Waals surface area contributed by atoms with Crippen LogP contribution >= 0.6 is 46.9 Å². The number of nitrogens with one attached hydrogen (secondary N) is 3. The molecule has 2 amide bonds. The molecule has 1 atom stereocenters. The van der Waals surface area contributed by atoms with Crippen LogP contribution in [-0.4, -0.2) is 42.5 Å². The van der Waals surface area contributed by atoms with E-state index in [1.54, 1.807) is 36.4 Å². The Morgan fingerprint density at radius 3 is 2.43 bits per heavy atom. The van der Waals surface area contributed by atoms with E-state index in [0.29, 0.717) is 35.5 Å². The Balaban J connectivity index is 0.00000450. The monoisotopic (exact) mass is 565 g/mol. The summed E-state index contributed by atoms with van der Waals surface area (Å²) in [5, 5.41) is 18.9. The fourth-order valence-corrected chi connectivity index (χ4v) is 3.39. The third-order valence-electron chi connectivity index (χ3n) is 3.79. The van der Waals surface area contributed by atoms with Gasteiger partial charge in [-0.05, 0) is 36.8 Å². The number of benzene rings is 1. The van der Waals surface area contributed by atoms with Crippen molar-refractivity contribution in [3.63, 3.8) is 0 Å². The van der Waals surface area contributed by atoms with Crippen LogP contribution in [0.15, 0.2) is 41.4 Å². The van der Waals surface area contributed by atoms with Gasteiger partial charge in [-0.1, -0.05) is 23.7 Å². The van der Waals surface area contributed by atoms with E-state index in [9.17, 15) is 14.7 Å². The molecule has 0 saturated heterocycles. The van der Waals surface area contributed by atoms with Crippen LogP contribution in [0.1, 0.15) is 33.8 Å². The third kappa shape index (κ3) is 8.86. The summed E-state index contributed by atoms with van der Waals surface area (Å²) in [5.41, 5.74) is 6.35. The predicted molar refractivity (Wildman–Crippen MR) is 130 cm³/mol. The van der Waals surface area contributed by atoms with E-state index >= 15 is 0 Å². The molecule has 0 bridgehead atoms. The van der Waals surface area contributed by atoms with E-state index in [2.05, 4.69) is 20.9 Å². The second-order valence-electron chi connectivity index (χ2n) is 6.08. The second kappa shape index (κ2) is 13.4. The summed E-state index contributed by atoms with van der Waals surface area (Å²) in [6.07, 6.45) is -0.686. The number of guanidine groups is 1. The lowest BCUT2D eigenvalue weighted by molar-refractivity contribution is -0.117. The number of aliphatic hydroxyl groups excluding tert-OH is 1. The predicted octanol–water partition coefficient (Wildman–Crippen LogP) is 2.02. The normalized spacial score (nSPS) is 11.9. The zero-order valence-corrected chi connectivity index (χ0v) is 20.3. The maximum absolute atomic E-state index is 11.9. The minimum atomic E-state index is -0.686. The molecule has 1 aromatic heterocycles. The minimum Gasteiger partial charge on any atom is -0.386 e. The number of hydrogen-bond donors (Lipinski definition) is 5. The first-order chi connectivity index (χ1) is 13.9. The van der Waals surface area contributed by atoms with Gasteiger partial charge in [0.25, 0.3) is 5.91 Å². The van der Waals surface area contributed by atoms with Gasteiger partial charge in [-0.3, -0.25) is 9.59 Å². The smallest absolute Gasteiger partial charge is 0.251 e. The largest absolute Gasteiger partial charge is 0.386 e. The number of amides is 2. The topological polar surface area (TPSA) is 129 Å². The van der Waals surface area contributed by atoms with Crippen LogP contribution in [0.25, 0.3) is 0 Å². The van der Waals surface area contributed by atoms with Crippen molar-refractivity contribution >= 4 is 64.7 Å². The molecule has 0 aliphatic heterocycles. The Labute approximate surface area is 201 Å². The van der Waals surface area contributed by atoms with Gasteiger partial charge in [0, 0.05) is 23.5 Å². The molecule has 8 nitrogen and oxygen atoms in total. The number of halogens is 2. The summed E-state index contributed by atoms with van der Waals surface area (Å²) in [6.45, 7) is 3.10. The number of aliphatic hydroxyl groups is 1. The quantitative estimate of drug-likeness (QED) is 0.181. The van der Waals surface area contributed by atoms with E-state index in [1.807, 2.05) is 6.92 Å².